The van der Waals surface area contributed by atoms with Crippen LogP contribution in [0.2, 0.25) is 0 Å². The highest BCUT2D eigenvalue weighted by atomic mass is 32.2. The SMILES string of the molecule is Cc1ccc(C)c(OCCNC(=O)c2ccc(CN(c3ccccc3)S(=O)(=O)c3ccccc3)cc2)c1. The van der Waals surface area contributed by atoms with Crippen LogP contribution in [0.1, 0.15) is 27.0 Å². The molecule has 1 N–H and O–H groups in total. The second kappa shape index (κ2) is 11.8. The van der Waals surface area contributed by atoms with Crippen molar-refractivity contribution in [2.24, 2.45) is 0 Å². The average molecular weight is 515 g/mol. The first-order valence-electron chi connectivity index (χ1n) is 12.0. The molecule has 0 aliphatic carbocycles. The highest BCUT2D eigenvalue weighted by Gasteiger charge is 2.25. The molecule has 0 aliphatic heterocycles. The lowest BCUT2D eigenvalue weighted by Crippen LogP contribution is -2.30. The number of aryl methyl sites for hydroxylation is 2. The van der Waals surface area contributed by atoms with E-state index in [1.165, 1.54) is 4.31 Å². The van der Waals surface area contributed by atoms with Gasteiger partial charge in [-0.15, -0.1) is 0 Å². The topological polar surface area (TPSA) is 75.7 Å². The molecule has 37 heavy (non-hydrogen) atoms. The number of hydrogen-bond acceptors (Lipinski definition) is 4. The van der Waals surface area contributed by atoms with Gasteiger partial charge in [0.1, 0.15) is 12.4 Å². The number of benzene rings is 4. The predicted molar refractivity (Wildman–Crippen MR) is 146 cm³/mol. The second-order valence-electron chi connectivity index (χ2n) is 8.73. The van der Waals surface area contributed by atoms with Crippen molar-refractivity contribution in [3.05, 3.63) is 125 Å². The summed E-state index contributed by atoms with van der Waals surface area (Å²) in [7, 11) is -3.78. The fourth-order valence-corrected chi connectivity index (χ4v) is 5.32. The largest absolute Gasteiger partial charge is 0.491 e. The van der Waals surface area contributed by atoms with Gasteiger partial charge in [-0.2, -0.15) is 0 Å². The normalized spacial score (nSPS) is 11.1. The number of rotatable bonds is 10. The Balaban J connectivity index is 1.41. The number of anilines is 1. The lowest BCUT2D eigenvalue weighted by atomic mass is 10.1. The molecule has 6 nitrogen and oxygen atoms in total. The molecule has 1 amide bonds. The fourth-order valence-electron chi connectivity index (χ4n) is 3.85. The Hall–Kier alpha value is -4.10. The Morgan fingerprint density at radius 2 is 1.49 bits per heavy atom. The fraction of sp³-hybridized carbons (Fsp3) is 0.167. The van der Waals surface area contributed by atoms with Gasteiger partial charge < -0.3 is 10.1 Å². The van der Waals surface area contributed by atoms with Gasteiger partial charge in [-0.05, 0) is 73.0 Å². The van der Waals surface area contributed by atoms with E-state index in [9.17, 15) is 13.2 Å². The van der Waals surface area contributed by atoms with Crippen LogP contribution in [0, 0.1) is 13.8 Å². The molecule has 0 fully saturated rings. The number of nitrogens with zero attached hydrogens (tertiary/aromatic N) is 1. The van der Waals surface area contributed by atoms with Crippen LogP contribution in [0.15, 0.2) is 108 Å². The van der Waals surface area contributed by atoms with Crippen molar-refractivity contribution in [3.8, 4) is 5.75 Å². The summed E-state index contributed by atoms with van der Waals surface area (Å²) in [6.45, 7) is 4.85. The highest BCUT2D eigenvalue weighted by Crippen LogP contribution is 2.26. The molecule has 0 spiro atoms. The monoisotopic (exact) mass is 514 g/mol. The van der Waals surface area contributed by atoms with E-state index in [1.807, 2.05) is 38.1 Å². The second-order valence-corrected chi connectivity index (χ2v) is 10.6. The molecule has 0 aromatic heterocycles. The van der Waals surface area contributed by atoms with E-state index in [1.54, 1.807) is 78.9 Å². The minimum Gasteiger partial charge on any atom is -0.491 e. The zero-order chi connectivity index (χ0) is 26.3. The summed E-state index contributed by atoms with van der Waals surface area (Å²) in [6.07, 6.45) is 0. The molecule has 0 atom stereocenters. The van der Waals surface area contributed by atoms with Gasteiger partial charge in [0.05, 0.1) is 23.7 Å². The van der Waals surface area contributed by atoms with Gasteiger partial charge in [0, 0.05) is 5.56 Å². The molecule has 4 rings (SSSR count). The molecule has 7 heteroatoms. The molecule has 0 saturated carbocycles. The predicted octanol–water partition coefficient (Wildman–Crippen LogP) is 5.51. The van der Waals surface area contributed by atoms with Crippen molar-refractivity contribution in [1.29, 1.82) is 0 Å². The van der Waals surface area contributed by atoms with Crippen LogP contribution in [-0.2, 0) is 16.6 Å². The van der Waals surface area contributed by atoms with Crippen LogP contribution >= 0.6 is 0 Å². The van der Waals surface area contributed by atoms with E-state index in [2.05, 4.69) is 5.32 Å². The van der Waals surface area contributed by atoms with Crippen LogP contribution < -0.4 is 14.4 Å². The van der Waals surface area contributed by atoms with Gasteiger partial charge in [0.2, 0.25) is 0 Å². The van der Waals surface area contributed by atoms with Crippen molar-refractivity contribution in [2.75, 3.05) is 17.5 Å². The third kappa shape index (κ3) is 6.57. The van der Waals surface area contributed by atoms with Crippen molar-refractivity contribution >= 4 is 21.6 Å². The molecule has 0 saturated heterocycles. The Bertz CT molecular complexity index is 1440. The molecule has 0 bridgehead atoms. The number of para-hydroxylation sites is 1. The summed E-state index contributed by atoms with van der Waals surface area (Å²) in [4.78, 5) is 12.8. The average Bonchev–Trinajstić information content (AvgIpc) is 2.92. The van der Waals surface area contributed by atoms with Gasteiger partial charge in [0.25, 0.3) is 15.9 Å². The molecule has 4 aromatic carbocycles. The van der Waals surface area contributed by atoms with Gasteiger partial charge >= 0.3 is 0 Å². The first-order chi connectivity index (χ1) is 17.8. The Labute approximate surface area is 218 Å². The summed E-state index contributed by atoms with van der Waals surface area (Å²) in [6, 6.07) is 30.3. The number of carbonyl (C=O) groups excluding carboxylic acids is 1. The van der Waals surface area contributed by atoms with Gasteiger partial charge in [-0.1, -0.05) is 60.7 Å². The number of nitrogens with one attached hydrogen (secondary N) is 1. The van der Waals surface area contributed by atoms with Crippen molar-refractivity contribution in [1.82, 2.24) is 5.32 Å². The minimum absolute atomic E-state index is 0.132. The number of carbonyl (C=O) groups is 1. The highest BCUT2D eigenvalue weighted by molar-refractivity contribution is 7.92. The molecule has 190 valence electrons. The van der Waals surface area contributed by atoms with Gasteiger partial charge in [-0.25, -0.2) is 8.42 Å². The first kappa shape index (κ1) is 26.0. The molecule has 0 heterocycles. The summed E-state index contributed by atoms with van der Waals surface area (Å²) in [5, 5.41) is 2.86. The third-order valence-electron chi connectivity index (χ3n) is 5.91. The van der Waals surface area contributed by atoms with Crippen molar-refractivity contribution in [2.45, 2.75) is 25.3 Å². The van der Waals surface area contributed by atoms with E-state index in [0.29, 0.717) is 24.4 Å². The maximum Gasteiger partial charge on any atom is 0.264 e. The van der Waals surface area contributed by atoms with Crippen molar-refractivity contribution < 1.29 is 17.9 Å². The van der Waals surface area contributed by atoms with Gasteiger partial charge in [0.15, 0.2) is 0 Å². The van der Waals surface area contributed by atoms with E-state index in [0.717, 1.165) is 22.4 Å². The molecular weight excluding hydrogens is 484 g/mol. The summed E-state index contributed by atoms with van der Waals surface area (Å²) >= 11 is 0. The molecule has 0 radical (unpaired) electrons. The van der Waals surface area contributed by atoms with Crippen LogP contribution in [-0.4, -0.2) is 27.5 Å². The molecular formula is C30H30N2O4S. The van der Waals surface area contributed by atoms with E-state index in [-0.39, 0.29) is 17.3 Å². The van der Waals surface area contributed by atoms with E-state index < -0.39 is 10.0 Å². The zero-order valence-electron chi connectivity index (χ0n) is 20.9. The zero-order valence-corrected chi connectivity index (χ0v) is 21.7. The molecule has 0 unspecified atom stereocenters. The minimum atomic E-state index is -3.78. The van der Waals surface area contributed by atoms with Crippen LogP contribution in [0.25, 0.3) is 0 Å². The van der Waals surface area contributed by atoms with Crippen LogP contribution in [0.3, 0.4) is 0 Å². The quantitative estimate of drug-likeness (QED) is 0.283. The number of sulfonamides is 1. The molecule has 0 aliphatic rings. The Morgan fingerprint density at radius 1 is 0.838 bits per heavy atom. The summed E-state index contributed by atoms with van der Waals surface area (Å²) in [5.74, 6) is 0.597. The Kier molecular flexibility index (Phi) is 8.25. The summed E-state index contributed by atoms with van der Waals surface area (Å²) < 4.78 is 34.1. The van der Waals surface area contributed by atoms with E-state index >= 15 is 0 Å². The Morgan fingerprint density at radius 3 is 2.16 bits per heavy atom. The maximum atomic E-state index is 13.5. The number of amides is 1. The smallest absolute Gasteiger partial charge is 0.264 e. The van der Waals surface area contributed by atoms with Gasteiger partial charge in [-0.3, -0.25) is 9.10 Å². The number of hydrogen-bond donors (Lipinski definition) is 1. The maximum absolute atomic E-state index is 13.5. The number of ether oxygens (including phenoxy) is 1. The lowest BCUT2D eigenvalue weighted by molar-refractivity contribution is 0.0947. The van der Waals surface area contributed by atoms with Crippen LogP contribution in [0.4, 0.5) is 5.69 Å². The molecule has 4 aromatic rings. The van der Waals surface area contributed by atoms with Crippen LogP contribution in [0.5, 0.6) is 5.75 Å². The standard InChI is InChI=1S/C30H30N2O4S/c1-23-13-14-24(2)29(21-23)36-20-19-31-30(33)26-17-15-25(16-18-26)22-32(27-9-5-3-6-10-27)37(34,35)28-11-7-4-8-12-28/h3-18,21H,19-20,22H2,1-2H3,(H,31,33). The van der Waals surface area contributed by atoms with E-state index in [4.69, 9.17) is 4.74 Å². The van der Waals surface area contributed by atoms with Crippen molar-refractivity contribution in [3.63, 3.8) is 0 Å². The summed E-state index contributed by atoms with van der Waals surface area (Å²) in [5.41, 5.74) is 3.99. The first-order valence-corrected chi connectivity index (χ1v) is 13.5. The third-order valence-corrected chi connectivity index (χ3v) is 7.69. The lowest BCUT2D eigenvalue weighted by Gasteiger charge is -2.25.